The van der Waals surface area contributed by atoms with Crippen LogP contribution in [0.5, 0.6) is 5.75 Å². The Morgan fingerprint density at radius 2 is 1.77 bits per heavy atom. The minimum absolute atomic E-state index is 0.0588. The maximum atomic E-state index is 12.5. The van der Waals surface area contributed by atoms with Gasteiger partial charge in [0, 0.05) is 5.69 Å². The molecule has 134 valence electrons. The first-order chi connectivity index (χ1) is 12.4. The molecule has 0 radical (unpaired) electrons. The van der Waals surface area contributed by atoms with Crippen molar-refractivity contribution in [3.63, 3.8) is 0 Å². The number of aryl methyl sites for hydroxylation is 2. The number of rotatable bonds is 6. The standard InChI is InChI=1S/C22H24N2O2/c1-15(2)14-26-20-10-8-18(9-11-20)12-19(13-23)22(25)24-21-16(3)6-5-7-17(21)4/h5-12,15H,14H2,1-4H3,(H,24,25). The molecule has 1 amide bonds. The highest BCUT2D eigenvalue weighted by atomic mass is 16.5. The molecule has 2 aromatic carbocycles. The molecule has 0 heterocycles. The fraction of sp³-hybridized carbons (Fsp3) is 0.273. The van der Waals surface area contributed by atoms with Gasteiger partial charge in [0.1, 0.15) is 17.4 Å². The van der Waals surface area contributed by atoms with Gasteiger partial charge in [-0.1, -0.05) is 44.2 Å². The van der Waals surface area contributed by atoms with Crippen molar-refractivity contribution in [3.8, 4) is 11.8 Å². The zero-order valence-electron chi connectivity index (χ0n) is 15.7. The van der Waals surface area contributed by atoms with E-state index in [1.54, 1.807) is 6.08 Å². The first kappa shape index (κ1) is 19.3. The van der Waals surface area contributed by atoms with E-state index in [1.807, 2.05) is 62.4 Å². The monoisotopic (exact) mass is 348 g/mol. The van der Waals surface area contributed by atoms with Gasteiger partial charge in [0.25, 0.3) is 5.91 Å². The van der Waals surface area contributed by atoms with Crippen molar-refractivity contribution in [1.29, 1.82) is 5.26 Å². The molecule has 0 fully saturated rings. The minimum atomic E-state index is -0.412. The third-order valence-electron chi connectivity index (χ3n) is 3.86. The summed E-state index contributed by atoms with van der Waals surface area (Å²) in [6.45, 7) is 8.68. The second-order valence-corrected chi connectivity index (χ2v) is 6.66. The number of ether oxygens (including phenoxy) is 1. The number of carbonyl (C=O) groups excluding carboxylic acids is 1. The third kappa shape index (κ3) is 5.22. The summed E-state index contributed by atoms with van der Waals surface area (Å²) in [7, 11) is 0. The van der Waals surface area contributed by atoms with E-state index in [2.05, 4.69) is 19.2 Å². The normalized spacial score (nSPS) is 11.2. The lowest BCUT2D eigenvalue weighted by Gasteiger charge is -2.11. The van der Waals surface area contributed by atoms with Crippen LogP contribution >= 0.6 is 0 Å². The van der Waals surface area contributed by atoms with Crippen molar-refractivity contribution in [2.45, 2.75) is 27.7 Å². The Morgan fingerprint density at radius 1 is 1.15 bits per heavy atom. The van der Waals surface area contributed by atoms with Crippen LogP contribution in [0.15, 0.2) is 48.0 Å². The summed E-state index contributed by atoms with van der Waals surface area (Å²) in [5.41, 5.74) is 3.50. The SMILES string of the molecule is Cc1cccc(C)c1NC(=O)C(C#N)=Cc1ccc(OCC(C)C)cc1. The fourth-order valence-electron chi connectivity index (χ4n) is 2.43. The summed E-state index contributed by atoms with van der Waals surface area (Å²) >= 11 is 0. The Morgan fingerprint density at radius 3 is 2.31 bits per heavy atom. The molecule has 0 saturated carbocycles. The van der Waals surface area contributed by atoms with Crippen LogP contribution in [-0.4, -0.2) is 12.5 Å². The predicted octanol–water partition coefficient (Wildman–Crippen LogP) is 4.88. The van der Waals surface area contributed by atoms with E-state index in [0.717, 1.165) is 28.1 Å². The Bertz CT molecular complexity index is 823. The number of benzene rings is 2. The molecule has 1 N–H and O–H groups in total. The van der Waals surface area contributed by atoms with E-state index in [1.165, 1.54) is 0 Å². The number of amides is 1. The maximum absolute atomic E-state index is 12.5. The average Bonchev–Trinajstić information content (AvgIpc) is 2.62. The zero-order valence-corrected chi connectivity index (χ0v) is 15.7. The molecule has 0 atom stereocenters. The quantitative estimate of drug-likeness (QED) is 0.597. The van der Waals surface area contributed by atoms with Crippen LogP contribution in [0.4, 0.5) is 5.69 Å². The largest absolute Gasteiger partial charge is 0.493 e. The number of hydrogen-bond donors (Lipinski definition) is 1. The second kappa shape index (κ2) is 8.87. The number of para-hydroxylation sites is 1. The van der Waals surface area contributed by atoms with Crippen molar-refractivity contribution in [2.24, 2.45) is 5.92 Å². The predicted molar refractivity (Wildman–Crippen MR) is 105 cm³/mol. The summed E-state index contributed by atoms with van der Waals surface area (Å²) in [4.78, 5) is 12.5. The van der Waals surface area contributed by atoms with E-state index in [-0.39, 0.29) is 5.57 Å². The molecule has 26 heavy (non-hydrogen) atoms. The Balaban J connectivity index is 2.14. The van der Waals surface area contributed by atoms with Crippen molar-refractivity contribution >= 4 is 17.7 Å². The number of nitrogens with zero attached hydrogens (tertiary/aromatic N) is 1. The number of carbonyl (C=O) groups is 1. The van der Waals surface area contributed by atoms with E-state index in [9.17, 15) is 10.1 Å². The van der Waals surface area contributed by atoms with Crippen LogP contribution in [0.1, 0.15) is 30.5 Å². The highest BCUT2D eigenvalue weighted by Gasteiger charge is 2.12. The van der Waals surface area contributed by atoms with Gasteiger partial charge in [0.05, 0.1) is 6.61 Å². The van der Waals surface area contributed by atoms with Crippen LogP contribution in [0, 0.1) is 31.1 Å². The molecule has 0 aliphatic carbocycles. The van der Waals surface area contributed by atoms with E-state index in [0.29, 0.717) is 12.5 Å². The number of nitrogens with one attached hydrogen (secondary N) is 1. The van der Waals surface area contributed by atoms with Crippen molar-refractivity contribution in [1.82, 2.24) is 0 Å². The average molecular weight is 348 g/mol. The molecule has 2 aromatic rings. The summed E-state index contributed by atoms with van der Waals surface area (Å²) in [5.74, 6) is 0.813. The highest BCUT2D eigenvalue weighted by molar-refractivity contribution is 6.10. The summed E-state index contributed by atoms with van der Waals surface area (Å²) < 4.78 is 5.64. The number of anilines is 1. The van der Waals surface area contributed by atoms with Gasteiger partial charge in [-0.15, -0.1) is 0 Å². The van der Waals surface area contributed by atoms with Gasteiger partial charge in [-0.2, -0.15) is 5.26 Å². The smallest absolute Gasteiger partial charge is 0.266 e. The van der Waals surface area contributed by atoms with Gasteiger partial charge in [-0.25, -0.2) is 0 Å². The van der Waals surface area contributed by atoms with Crippen LogP contribution < -0.4 is 10.1 Å². The van der Waals surface area contributed by atoms with E-state index in [4.69, 9.17) is 4.74 Å². The molecular formula is C22H24N2O2. The van der Waals surface area contributed by atoms with E-state index < -0.39 is 5.91 Å². The maximum Gasteiger partial charge on any atom is 0.266 e. The molecule has 0 aliphatic heterocycles. The van der Waals surface area contributed by atoms with Crippen LogP contribution in [-0.2, 0) is 4.79 Å². The van der Waals surface area contributed by atoms with Gasteiger partial charge in [0.2, 0.25) is 0 Å². The molecule has 0 aliphatic rings. The van der Waals surface area contributed by atoms with Crippen molar-refractivity contribution in [2.75, 3.05) is 11.9 Å². The molecule has 0 saturated heterocycles. The van der Waals surface area contributed by atoms with Gasteiger partial charge in [0.15, 0.2) is 0 Å². The first-order valence-corrected chi connectivity index (χ1v) is 8.63. The number of hydrogen-bond acceptors (Lipinski definition) is 3. The third-order valence-corrected chi connectivity index (χ3v) is 3.86. The Kier molecular flexibility index (Phi) is 6.57. The molecule has 0 unspecified atom stereocenters. The van der Waals surface area contributed by atoms with Crippen LogP contribution in [0.25, 0.3) is 6.08 Å². The van der Waals surface area contributed by atoms with Gasteiger partial charge >= 0.3 is 0 Å². The van der Waals surface area contributed by atoms with Gasteiger partial charge in [-0.05, 0) is 54.7 Å². The molecule has 0 aromatic heterocycles. The molecular weight excluding hydrogens is 324 g/mol. The minimum Gasteiger partial charge on any atom is -0.493 e. The molecule has 0 spiro atoms. The molecule has 2 rings (SSSR count). The van der Waals surface area contributed by atoms with Crippen LogP contribution in [0.2, 0.25) is 0 Å². The van der Waals surface area contributed by atoms with Crippen molar-refractivity contribution < 1.29 is 9.53 Å². The summed E-state index contributed by atoms with van der Waals surface area (Å²) in [5, 5.41) is 12.2. The van der Waals surface area contributed by atoms with Gasteiger partial charge in [-0.3, -0.25) is 4.79 Å². The summed E-state index contributed by atoms with van der Waals surface area (Å²) in [6, 6.07) is 15.1. The van der Waals surface area contributed by atoms with Crippen LogP contribution in [0.3, 0.4) is 0 Å². The molecule has 4 heteroatoms. The van der Waals surface area contributed by atoms with Crippen molar-refractivity contribution in [3.05, 3.63) is 64.7 Å². The fourth-order valence-corrected chi connectivity index (χ4v) is 2.43. The topological polar surface area (TPSA) is 62.1 Å². The Labute approximate surface area is 155 Å². The number of nitriles is 1. The summed E-state index contributed by atoms with van der Waals surface area (Å²) in [6.07, 6.45) is 1.58. The second-order valence-electron chi connectivity index (χ2n) is 6.66. The molecule has 4 nitrogen and oxygen atoms in total. The molecule has 0 bridgehead atoms. The van der Waals surface area contributed by atoms with E-state index >= 15 is 0 Å². The lowest BCUT2D eigenvalue weighted by atomic mass is 10.1. The first-order valence-electron chi connectivity index (χ1n) is 8.63. The lowest BCUT2D eigenvalue weighted by Crippen LogP contribution is -2.15. The highest BCUT2D eigenvalue weighted by Crippen LogP contribution is 2.21. The zero-order chi connectivity index (χ0) is 19.1. The lowest BCUT2D eigenvalue weighted by molar-refractivity contribution is -0.112. The van der Waals surface area contributed by atoms with Gasteiger partial charge < -0.3 is 10.1 Å². The Hall–Kier alpha value is -3.06.